The summed E-state index contributed by atoms with van der Waals surface area (Å²) in [5.74, 6) is 0.929. The van der Waals surface area contributed by atoms with E-state index in [1.54, 1.807) is 7.11 Å². The third kappa shape index (κ3) is 2.85. The van der Waals surface area contributed by atoms with Crippen LogP contribution in [-0.4, -0.2) is 25.6 Å². The monoisotopic (exact) mass is 310 g/mol. The van der Waals surface area contributed by atoms with Crippen molar-refractivity contribution >= 4 is 15.9 Å². The molecule has 1 aromatic rings. The molecule has 0 radical (unpaired) electrons. The standard InChI is InChI=1S/C14H19BrN2O/c1-9-10(2)14(18-5)12(11(3)13(9)15)8-17(4)7-6-16/h7-8H2,1-5H3. The van der Waals surface area contributed by atoms with Gasteiger partial charge in [-0.2, -0.15) is 5.26 Å². The summed E-state index contributed by atoms with van der Waals surface area (Å²) in [6.07, 6.45) is 0. The van der Waals surface area contributed by atoms with Crippen LogP contribution in [0, 0.1) is 32.1 Å². The third-order valence-electron chi connectivity index (χ3n) is 3.26. The minimum absolute atomic E-state index is 0.410. The lowest BCUT2D eigenvalue weighted by Crippen LogP contribution is -2.19. The molecule has 0 fully saturated rings. The highest BCUT2D eigenvalue weighted by Gasteiger charge is 2.17. The van der Waals surface area contributed by atoms with Crippen LogP contribution in [-0.2, 0) is 6.54 Å². The SMILES string of the molecule is COc1c(C)c(C)c(Br)c(C)c1CN(C)CC#N. The van der Waals surface area contributed by atoms with Crippen LogP contribution in [0.25, 0.3) is 0 Å². The molecule has 0 aromatic heterocycles. The lowest BCUT2D eigenvalue weighted by molar-refractivity contribution is 0.347. The van der Waals surface area contributed by atoms with Gasteiger partial charge in [0.05, 0.1) is 19.7 Å². The second-order valence-corrected chi connectivity index (χ2v) is 5.32. The zero-order valence-corrected chi connectivity index (χ0v) is 13.2. The molecule has 0 aliphatic carbocycles. The summed E-state index contributed by atoms with van der Waals surface area (Å²) in [6, 6.07) is 2.16. The molecule has 0 spiro atoms. The van der Waals surface area contributed by atoms with E-state index in [0.29, 0.717) is 13.1 Å². The Bertz CT molecular complexity index is 492. The van der Waals surface area contributed by atoms with Gasteiger partial charge >= 0.3 is 0 Å². The van der Waals surface area contributed by atoms with E-state index in [-0.39, 0.29) is 0 Å². The minimum atomic E-state index is 0.410. The summed E-state index contributed by atoms with van der Waals surface area (Å²) >= 11 is 3.63. The molecule has 0 saturated carbocycles. The van der Waals surface area contributed by atoms with Gasteiger partial charge in [-0.1, -0.05) is 15.9 Å². The second kappa shape index (κ2) is 6.21. The van der Waals surface area contributed by atoms with E-state index in [4.69, 9.17) is 10.00 Å². The van der Waals surface area contributed by atoms with E-state index in [9.17, 15) is 0 Å². The lowest BCUT2D eigenvalue weighted by atomic mass is 9.98. The van der Waals surface area contributed by atoms with E-state index in [2.05, 4.69) is 42.8 Å². The molecule has 0 atom stereocenters. The first-order valence-corrected chi connectivity index (χ1v) is 6.60. The number of methoxy groups -OCH3 is 1. The molecule has 0 unspecified atom stereocenters. The third-order valence-corrected chi connectivity index (χ3v) is 4.45. The van der Waals surface area contributed by atoms with Crippen molar-refractivity contribution in [1.82, 2.24) is 4.90 Å². The molecule has 0 aliphatic heterocycles. The van der Waals surface area contributed by atoms with Gasteiger partial charge in [0.1, 0.15) is 5.75 Å². The molecule has 0 amide bonds. The molecule has 3 nitrogen and oxygen atoms in total. The first kappa shape index (κ1) is 15.0. The van der Waals surface area contributed by atoms with Gasteiger partial charge in [-0.05, 0) is 44.5 Å². The van der Waals surface area contributed by atoms with Gasteiger partial charge in [0, 0.05) is 16.6 Å². The Labute approximate surface area is 117 Å². The van der Waals surface area contributed by atoms with Gasteiger partial charge in [0.25, 0.3) is 0 Å². The quantitative estimate of drug-likeness (QED) is 0.800. The van der Waals surface area contributed by atoms with Gasteiger partial charge in [0.15, 0.2) is 0 Å². The summed E-state index contributed by atoms with van der Waals surface area (Å²) in [5, 5.41) is 8.73. The maximum atomic E-state index is 8.73. The highest BCUT2D eigenvalue weighted by Crippen LogP contribution is 2.36. The maximum absolute atomic E-state index is 8.73. The van der Waals surface area contributed by atoms with Crippen LogP contribution in [0.5, 0.6) is 5.75 Å². The zero-order valence-electron chi connectivity index (χ0n) is 11.6. The minimum Gasteiger partial charge on any atom is -0.496 e. The fourth-order valence-electron chi connectivity index (χ4n) is 2.06. The summed E-state index contributed by atoms with van der Waals surface area (Å²) < 4.78 is 6.67. The van der Waals surface area contributed by atoms with Gasteiger partial charge in [-0.25, -0.2) is 0 Å². The molecule has 4 heteroatoms. The van der Waals surface area contributed by atoms with Crippen LogP contribution in [0.3, 0.4) is 0 Å². The fraction of sp³-hybridized carbons (Fsp3) is 0.500. The summed E-state index contributed by atoms with van der Waals surface area (Å²) in [5.41, 5.74) is 4.68. The van der Waals surface area contributed by atoms with Crippen LogP contribution in [0.1, 0.15) is 22.3 Å². The van der Waals surface area contributed by atoms with E-state index >= 15 is 0 Å². The first-order chi connectivity index (χ1) is 8.43. The Kier molecular flexibility index (Phi) is 5.18. The van der Waals surface area contributed by atoms with Crippen molar-refractivity contribution in [2.75, 3.05) is 20.7 Å². The smallest absolute Gasteiger partial charge is 0.126 e. The number of ether oxygens (including phenoxy) is 1. The van der Waals surface area contributed by atoms with E-state index in [1.165, 1.54) is 11.1 Å². The molecular formula is C14H19BrN2O. The van der Waals surface area contributed by atoms with Crippen molar-refractivity contribution in [2.45, 2.75) is 27.3 Å². The molecule has 98 valence electrons. The van der Waals surface area contributed by atoms with Gasteiger partial charge < -0.3 is 4.74 Å². The summed E-state index contributed by atoms with van der Waals surface area (Å²) in [6.45, 7) is 7.34. The normalized spacial score (nSPS) is 10.6. The second-order valence-electron chi connectivity index (χ2n) is 4.53. The van der Waals surface area contributed by atoms with Crippen LogP contribution in [0.4, 0.5) is 0 Å². The van der Waals surface area contributed by atoms with Crippen molar-refractivity contribution in [1.29, 1.82) is 5.26 Å². The van der Waals surface area contributed by atoms with Crippen molar-refractivity contribution in [3.63, 3.8) is 0 Å². The zero-order chi connectivity index (χ0) is 13.9. The Balaban J connectivity index is 3.30. The number of benzene rings is 1. The van der Waals surface area contributed by atoms with Crippen LogP contribution in [0.2, 0.25) is 0 Å². The first-order valence-electron chi connectivity index (χ1n) is 5.81. The molecule has 1 aromatic carbocycles. The fourth-order valence-corrected chi connectivity index (χ4v) is 2.60. The number of halogens is 1. The van der Waals surface area contributed by atoms with Crippen molar-refractivity contribution in [3.05, 3.63) is 26.7 Å². The molecule has 0 N–H and O–H groups in total. The Hall–Kier alpha value is -1.05. The summed E-state index contributed by atoms with van der Waals surface area (Å²) in [7, 11) is 3.63. The van der Waals surface area contributed by atoms with Crippen LogP contribution < -0.4 is 4.74 Å². The molecule has 0 aliphatic rings. The molecular weight excluding hydrogens is 292 g/mol. The number of nitrogens with zero attached hydrogens (tertiary/aromatic N) is 2. The van der Waals surface area contributed by atoms with Crippen molar-refractivity contribution < 1.29 is 4.74 Å². The Morgan fingerprint density at radius 2 is 1.83 bits per heavy atom. The van der Waals surface area contributed by atoms with E-state index < -0.39 is 0 Å². The number of hydrogen-bond donors (Lipinski definition) is 0. The largest absolute Gasteiger partial charge is 0.496 e. The maximum Gasteiger partial charge on any atom is 0.126 e. The Morgan fingerprint density at radius 1 is 1.22 bits per heavy atom. The molecule has 1 rings (SSSR count). The van der Waals surface area contributed by atoms with Crippen molar-refractivity contribution in [3.8, 4) is 11.8 Å². The highest BCUT2D eigenvalue weighted by atomic mass is 79.9. The van der Waals surface area contributed by atoms with E-state index in [1.807, 2.05) is 11.9 Å². The highest BCUT2D eigenvalue weighted by molar-refractivity contribution is 9.10. The average molecular weight is 311 g/mol. The van der Waals surface area contributed by atoms with Gasteiger partial charge in [0.2, 0.25) is 0 Å². The molecule has 0 bridgehead atoms. The number of nitriles is 1. The predicted molar refractivity (Wildman–Crippen MR) is 76.9 cm³/mol. The Morgan fingerprint density at radius 3 is 2.33 bits per heavy atom. The van der Waals surface area contributed by atoms with Gasteiger partial charge in [-0.15, -0.1) is 0 Å². The van der Waals surface area contributed by atoms with Crippen LogP contribution >= 0.6 is 15.9 Å². The van der Waals surface area contributed by atoms with Crippen LogP contribution in [0.15, 0.2) is 4.47 Å². The van der Waals surface area contributed by atoms with Gasteiger partial charge in [-0.3, -0.25) is 4.90 Å². The van der Waals surface area contributed by atoms with Crippen molar-refractivity contribution in [2.24, 2.45) is 0 Å². The topological polar surface area (TPSA) is 36.3 Å². The number of hydrogen-bond acceptors (Lipinski definition) is 3. The molecule has 0 heterocycles. The molecule has 0 saturated heterocycles. The predicted octanol–water partition coefficient (Wildman–Crippen LogP) is 3.34. The summed E-state index contributed by atoms with van der Waals surface area (Å²) in [4.78, 5) is 1.98. The van der Waals surface area contributed by atoms with E-state index in [0.717, 1.165) is 21.3 Å². The molecule has 18 heavy (non-hydrogen) atoms. The number of rotatable bonds is 4. The lowest BCUT2D eigenvalue weighted by Gasteiger charge is -2.22. The average Bonchev–Trinajstić information content (AvgIpc) is 2.34.